The molecule has 2 aliphatic rings. The number of aromatic nitrogens is 2. The number of halogens is 5. The molecule has 2 unspecified atom stereocenters. The lowest BCUT2D eigenvalue weighted by atomic mass is 9.90. The number of imide groups is 1. The first-order chi connectivity index (χ1) is 21.1. The molecule has 1 aliphatic heterocycles. The Kier molecular flexibility index (Phi) is 8.12. The summed E-state index contributed by atoms with van der Waals surface area (Å²) in [6.45, 7) is -1.07. The van der Waals surface area contributed by atoms with Crippen molar-refractivity contribution >= 4 is 23.8 Å². The maximum Gasteiger partial charge on any atom is 0.408 e. The summed E-state index contributed by atoms with van der Waals surface area (Å²) in [5.74, 6) is -4.10. The van der Waals surface area contributed by atoms with Gasteiger partial charge in [-0.25, -0.2) is 13.6 Å². The van der Waals surface area contributed by atoms with Gasteiger partial charge in [-0.15, -0.1) is 0 Å². The first kappa shape index (κ1) is 31.6. The highest BCUT2D eigenvalue weighted by Crippen LogP contribution is 2.48. The standard InChI is InChI=1S/C29H27F5N6O5/c1-15(29(32,33)34)39(11-16-3-5-18(30)6-4-16)25(43)14-40-26(44)28(37-27(40)45)9-23(41)20-7-19(22(31)8-21(20)28)17-10-36-38(12-17)13-24(42)35-2/h3-8,10,12,15,23,41H,9,11,13-14H2,1-2H3,(H,35,42)(H,37,45)/t15-,23?,28?/m0/s1. The minimum Gasteiger partial charge on any atom is -0.388 e. The van der Waals surface area contributed by atoms with Gasteiger partial charge in [0.1, 0.15) is 36.3 Å². The van der Waals surface area contributed by atoms with Gasteiger partial charge in [0.25, 0.3) is 5.91 Å². The van der Waals surface area contributed by atoms with Crippen LogP contribution in [0.2, 0.25) is 0 Å². The van der Waals surface area contributed by atoms with Crippen molar-refractivity contribution in [2.75, 3.05) is 13.6 Å². The minimum absolute atomic E-state index is 0.00520. The Morgan fingerprint density at radius 1 is 1.18 bits per heavy atom. The van der Waals surface area contributed by atoms with Crippen LogP contribution in [0.5, 0.6) is 0 Å². The van der Waals surface area contributed by atoms with E-state index in [-0.39, 0.29) is 40.3 Å². The lowest BCUT2D eigenvalue weighted by molar-refractivity contribution is -0.187. The summed E-state index contributed by atoms with van der Waals surface area (Å²) >= 11 is 0. The van der Waals surface area contributed by atoms with E-state index in [0.29, 0.717) is 9.80 Å². The number of urea groups is 1. The Hall–Kier alpha value is -4.86. The van der Waals surface area contributed by atoms with Crippen molar-refractivity contribution in [3.63, 3.8) is 0 Å². The number of amides is 5. The zero-order valence-corrected chi connectivity index (χ0v) is 23.9. The van der Waals surface area contributed by atoms with Gasteiger partial charge >= 0.3 is 12.2 Å². The second kappa shape index (κ2) is 11.6. The first-order valence-corrected chi connectivity index (χ1v) is 13.6. The third kappa shape index (κ3) is 5.84. The van der Waals surface area contributed by atoms with Crippen molar-refractivity contribution < 1.29 is 46.2 Å². The SMILES string of the molecule is CNC(=O)Cn1cc(-c2cc3c(cc2F)C2(CC3O)NC(=O)N(CC(=O)N(Cc3ccc(F)cc3)[C@@H](C)C(F)(F)F)C2=O)cn1. The van der Waals surface area contributed by atoms with E-state index in [4.69, 9.17) is 0 Å². The number of fused-ring (bicyclic) bond motifs is 2. The van der Waals surface area contributed by atoms with E-state index in [2.05, 4.69) is 15.7 Å². The Bertz CT molecular complexity index is 1680. The largest absolute Gasteiger partial charge is 0.408 e. The topological polar surface area (TPSA) is 137 Å². The molecule has 0 radical (unpaired) electrons. The molecule has 2 heterocycles. The van der Waals surface area contributed by atoms with Crippen LogP contribution in [0, 0.1) is 11.6 Å². The van der Waals surface area contributed by atoms with Crippen molar-refractivity contribution in [1.29, 1.82) is 0 Å². The number of carbonyl (C=O) groups excluding carboxylic acids is 4. The van der Waals surface area contributed by atoms with Crippen LogP contribution in [-0.2, 0) is 33.0 Å². The van der Waals surface area contributed by atoms with Crippen LogP contribution in [-0.4, -0.2) is 74.3 Å². The van der Waals surface area contributed by atoms with Crippen LogP contribution in [0.3, 0.4) is 0 Å². The van der Waals surface area contributed by atoms with Gasteiger partial charge in [-0.1, -0.05) is 12.1 Å². The van der Waals surface area contributed by atoms with E-state index < -0.39 is 72.9 Å². The summed E-state index contributed by atoms with van der Waals surface area (Å²) in [4.78, 5) is 52.5. The molecule has 16 heteroatoms. The average Bonchev–Trinajstić information content (AvgIpc) is 3.62. The molecule has 5 rings (SSSR count). The molecule has 1 aliphatic carbocycles. The van der Waals surface area contributed by atoms with E-state index in [1.165, 1.54) is 42.3 Å². The van der Waals surface area contributed by atoms with Gasteiger partial charge in [-0.05, 0) is 47.9 Å². The molecule has 238 valence electrons. The maximum atomic E-state index is 15.5. The molecule has 0 saturated carbocycles. The zero-order chi connectivity index (χ0) is 32.8. The predicted molar refractivity (Wildman–Crippen MR) is 146 cm³/mol. The van der Waals surface area contributed by atoms with E-state index in [9.17, 15) is 41.8 Å². The molecular formula is C29H27F5N6O5. The molecule has 2 aromatic carbocycles. The van der Waals surface area contributed by atoms with Crippen LogP contribution >= 0.6 is 0 Å². The summed E-state index contributed by atoms with van der Waals surface area (Å²) in [5, 5.41) is 19.7. The second-order valence-electron chi connectivity index (χ2n) is 10.8. The second-order valence-corrected chi connectivity index (χ2v) is 10.8. The fourth-order valence-electron chi connectivity index (χ4n) is 5.50. The number of aliphatic hydroxyl groups is 1. The molecule has 1 fully saturated rings. The first-order valence-electron chi connectivity index (χ1n) is 13.6. The van der Waals surface area contributed by atoms with Crippen LogP contribution in [0.1, 0.15) is 36.1 Å². The third-order valence-electron chi connectivity index (χ3n) is 7.98. The molecule has 1 aromatic heterocycles. The third-order valence-corrected chi connectivity index (χ3v) is 7.98. The summed E-state index contributed by atoms with van der Waals surface area (Å²) in [6.07, 6.45) is -3.93. The molecule has 11 nitrogen and oxygen atoms in total. The highest BCUT2D eigenvalue weighted by atomic mass is 19.4. The van der Waals surface area contributed by atoms with Gasteiger partial charge in [-0.2, -0.15) is 18.3 Å². The monoisotopic (exact) mass is 634 g/mol. The van der Waals surface area contributed by atoms with Gasteiger partial charge < -0.3 is 20.6 Å². The summed E-state index contributed by atoms with van der Waals surface area (Å²) in [7, 11) is 1.44. The van der Waals surface area contributed by atoms with Crippen molar-refractivity contribution in [3.8, 4) is 11.1 Å². The van der Waals surface area contributed by atoms with E-state index >= 15 is 4.39 Å². The van der Waals surface area contributed by atoms with Crippen molar-refractivity contribution in [2.45, 2.75) is 50.3 Å². The molecular weight excluding hydrogens is 607 g/mol. The number of aliphatic hydroxyl groups excluding tert-OH is 1. The number of nitrogens with one attached hydrogen (secondary N) is 2. The van der Waals surface area contributed by atoms with Crippen molar-refractivity contribution in [3.05, 3.63) is 77.1 Å². The van der Waals surface area contributed by atoms with Crippen LogP contribution in [0.25, 0.3) is 11.1 Å². The molecule has 5 amide bonds. The summed E-state index contributed by atoms with van der Waals surface area (Å²) < 4.78 is 71.2. The molecule has 1 spiro atoms. The smallest absolute Gasteiger partial charge is 0.388 e. The molecule has 3 aromatic rings. The van der Waals surface area contributed by atoms with Gasteiger partial charge in [0.05, 0.1) is 12.3 Å². The molecule has 45 heavy (non-hydrogen) atoms. The van der Waals surface area contributed by atoms with Crippen LogP contribution in [0.15, 0.2) is 48.8 Å². The highest BCUT2D eigenvalue weighted by Gasteiger charge is 2.58. The average molecular weight is 635 g/mol. The molecule has 0 bridgehead atoms. The lowest BCUT2D eigenvalue weighted by Gasteiger charge is -2.32. The van der Waals surface area contributed by atoms with Gasteiger partial charge in [0.15, 0.2) is 0 Å². The number of rotatable bonds is 8. The number of likely N-dealkylation sites (N-methyl/N-ethyl adjacent to an activating group) is 1. The van der Waals surface area contributed by atoms with Crippen LogP contribution in [0.4, 0.5) is 26.7 Å². The maximum absolute atomic E-state index is 15.5. The summed E-state index contributed by atoms with van der Waals surface area (Å²) in [5.41, 5.74) is -1.51. The predicted octanol–water partition coefficient (Wildman–Crippen LogP) is 2.74. The van der Waals surface area contributed by atoms with E-state index in [1.807, 2.05) is 0 Å². The molecule has 3 atom stereocenters. The fourth-order valence-corrected chi connectivity index (χ4v) is 5.50. The Balaban J connectivity index is 1.42. The van der Waals surface area contributed by atoms with Gasteiger partial charge in [0.2, 0.25) is 11.8 Å². The number of nitrogens with zero attached hydrogens (tertiary/aromatic N) is 4. The lowest BCUT2D eigenvalue weighted by Crippen LogP contribution is -2.51. The van der Waals surface area contributed by atoms with E-state index in [0.717, 1.165) is 25.1 Å². The van der Waals surface area contributed by atoms with Crippen molar-refractivity contribution in [2.24, 2.45) is 0 Å². The molecule has 3 N–H and O–H groups in total. The van der Waals surface area contributed by atoms with Gasteiger partial charge in [-0.3, -0.25) is 24.0 Å². The normalized spacial score (nSPS) is 19.9. The number of alkyl halides is 3. The number of hydrogen-bond donors (Lipinski definition) is 3. The Labute approximate surface area is 252 Å². The quantitative estimate of drug-likeness (QED) is 0.258. The Morgan fingerprint density at radius 3 is 2.51 bits per heavy atom. The van der Waals surface area contributed by atoms with E-state index in [1.54, 1.807) is 0 Å². The minimum atomic E-state index is -4.86. The number of benzene rings is 2. The number of hydrogen-bond acceptors (Lipinski definition) is 6. The molecule has 1 saturated heterocycles. The zero-order valence-electron chi connectivity index (χ0n) is 23.9. The highest BCUT2D eigenvalue weighted by molar-refractivity contribution is 6.10. The fraction of sp³-hybridized carbons (Fsp3) is 0.345. The van der Waals surface area contributed by atoms with Crippen molar-refractivity contribution in [1.82, 2.24) is 30.2 Å². The summed E-state index contributed by atoms with van der Waals surface area (Å²) in [6, 6.07) is 3.24. The number of carbonyl (C=O) groups is 4. The Morgan fingerprint density at radius 2 is 1.87 bits per heavy atom. The van der Waals surface area contributed by atoms with Crippen LogP contribution < -0.4 is 10.6 Å². The van der Waals surface area contributed by atoms with Gasteiger partial charge in [0, 0.05) is 37.3 Å².